The number of phenolic OH excluding ortho intramolecular Hbond substituents is 1. The summed E-state index contributed by atoms with van der Waals surface area (Å²) in [4.78, 5) is 0. The molecule has 0 saturated carbocycles. The zero-order chi connectivity index (χ0) is 12.1. The van der Waals surface area contributed by atoms with Gasteiger partial charge in [-0.2, -0.15) is 0 Å². The van der Waals surface area contributed by atoms with Gasteiger partial charge in [0.1, 0.15) is 11.5 Å². The van der Waals surface area contributed by atoms with Gasteiger partial charge in [0.05, 0.1) is 6.61 Å². The fourth-order valence-electron chi connectivity index (χ4n) is 1.53. The number of benzene rings is 2. The Morgan fingerprint density at radius 3 is 2.41 bits per heavy atom. The standard InChI is InChI=1S/C14H13ClO2/c15-12-5-7-13(8-6-12)17-10-9-11-3-1-2-4-14(11)16/h1-8,16H,9-10H2. The number of hydrogen-bond donors (Lipinski definition) is 1. The Labute approximate surface area is 105 Å². The first-order valence-electron chi connectivity index (χ1n) is 5.41. The average molecular weight is 249 g/mol. The molecule has 0 radical (unpaired) electrons. The smallest absolute Gasteiger partial charge is 0.119 e. The van der Waals surface area contributed by atoms with Crippen LogP contribution in [0.4, 0.5) is 0 Å². The molecule has 0 unspecified atom stereocenters. The van der Waals surface area contributed by atoms with E-state index in [0.29, 0.717) is 23.8 Å². The summed E-state index contributed by atoms with van der Waals surface area (Å²) in [7, 11) is 0. The zero-order valence-electron chi connectivity index (χ0n) is 9.27. The average Bonchev–Trinajstić information content (AvgIpc) is 2.34. The van der Waals surface area contributed by atoms with Crippen molar-refractivity contribution < 1.29 is 9.84 Å². The van der Waals surface area contributed by atoms with E-state index in [2.05, 4.69) is 0 Å². The minimum Gasteiger partial charge on any atom is -0.508 e. The van der Waals surface area contributed by atoms with E-state index >= 15 is 0 Å². The van der Waals surface area contributed by atoms with Gasteiger partial charge in [0.25, 0.3) is 0 Å². The van der Waals surface area contributed by atoms with Crippen LogP contribution in [0.1, 0.15) is 5.56 Å². The van der Waals surface area contributed by atoms with E-state index in [0.717, 1.165) is 11.3 Å². The van der Waals surface area contributed by atoms with E-state index in [1.54, 1.807) is 24.3 Å². The Morgan fingerprint density at radius 1 is 1.00 bits per heavy atom. The van der Waals surface area contributed by atoms with Crippen molar-refractivity contribution in [1.82, 2.24) is 0 Å². The van der Waals surface area contributed by atoms with Crippen LogP contribution in [0.2, 0.25) is 5.02 Å². The Morgan fingerprint density at radius 2 is 1.71 bits per heavy atom. The maximum Gasteiger partial charge on any atom is 0.119 e. The fourth-order valence-corrected chi connectivity index (χ4v) is 1.66. The molecule has 0 saturated heterocycles. The molecule has 1 N–H and O–H groups in total. The summed E-state index contributed by atoms with van der Waals surface area (Å²) in [5.41, 5.74) is 0.890. The fraction of sp³-hybridized carbons (Fsp3) is 0.143. The number of halogens is 1. The van der Waals surface area contributed by atoms with E-state index in [4.69, 9.17) is 16.3 Å². The van der Waals surface area contributed by atoms with Crippen LogP contribution in [0.3, 0.4) is 0 Å². The third-order valence-corrected chi connectivity index (χ3v) is 2.70. The predicted molar refractivity (Wildman–Crippen MR) is 68.8 cm³/mol. The van der Waals surface area contributed by atoms with Crippen LogP contribution in [-0.4, -0.2) is 11.7 Å². The monoisotopic (exact) mass is 248 g/mol. The highest BCUT2D eigenvalue weighted by Crippen LogP contribution is 2.18. The van der Waals surface area contributed by atoms with Gasteiger partial charge in [0, 0.05) is 11.4 Å². The number of hydrogen-bond acceptors (Lipinski definition) is 2. The minimum atomic E-state index is 0.312. The molecule has 2 aromatic carbocycles. The molecular weight excluding hydrogens is 236 g/mol. The van der Waals surface area contributed by atoms with E-state index in [9.17, 15) is 5.11 Å². The van der Waals surface area contributed by atoms with E-state index in [-0.39, 0.29) is 0 Å². The molecule has 0 aliphatic heterocycles. The summed E-state index contributed by atoms with van der Waals surface area (Å²) in [5.74, 6) is 1.09. The normalized spacial score (nSPS) is 10.2. The molecule has 0 heterocycles. The molecule has 2 rings (SSSR count). The molecule has 0 amide bonds. The van der Waals surface area contributed by atoms with Gasteiger partial charge < -0.3 is 9.84 Å². The van der Waals surface area contributed by atoms with Gasteiger partial charge in [-0.05, 0) is 35.9 Å². The molecule has 2 aromatic rings. The summed E-state index contributed by atoms with van der Waals surface area (Å²) in [6.07, 6.45) is 0.676. The Kier molecular flexibility index (Phi) is 3.89. The third kappa shape index (κ3) is 3.40. The maximum atomic E-state index is 9.57. The van der Waals surface area contributed by atoms with Crippen LogP contribution in [0.5, 0.6) is 11.5 Å². The highest BCUT2D eigenvalue weighted by molar-refractivity contribution is 6.30. The largest absolute Gasteiger partial charge is 0.508 e. The molecule has 3 heteroatoms. The van der Waals surface area contributed by atoms with Gasteiger partial charge in [-0.25, -0.2) is 0 Å². The number of ether oxygens (including phenoxy) is 1. The van der Waals surface area contributed by atoms with Gasteiger partial charge in [-0.3, -0.25) is 0 Å². The molecule has 0 aliphatic rings. The second-order valence-corrected chi connectivity index (χ2v) is 4.12. The van der Waals surface area contributed by atoms with Crippen LogP contribution in [0.15, 0.2) is 48.5 Å². The molecule has 0 fully saturated rings. The molecule has 0 bridgehead atoms. The van der Waals surface area contributed by atoms with Crippen LogP contribution in [0.25, 0.3) is 0 Å². The highest BCUT2D eigenvalue weighted by atomic mass is 35.5. The Balaban J connectivity index is 1.88. The van der Waals surface area contributed by atoms with Crippen molar-refractivity contribution in [2.75, 3.05) is 6.61 Å². The van der Waals surface area contributed by atoms with Crippen molar-refractivity contribution >= 4 is 11.6 Å². The van der Waals surface area contributed by atoms with Crippen molar-refractivity contribution in [3.05, 3.63) is 59.1 Å². The number of phenols is 1. The number of aromatic hydroxyl groups is 1. The highest BCUT2D eigenvalue weighted by Gasteiger charge is 2.00. The quantitative estimate of drug-likeness (QED) is 0.895. The van der Waals surface area contributed by atoms with Crippen molar-refractivity contribution in [3.63, 3.8) is 0 Å². The Bertz CT molecular complexity index is 480. The van der Waals surface area contributed by atoms with Crippen molar-refractivity contribution in [3.8, 4) is 11.5 Å². The van der Waals surface area contributed by atoms with E-state index in [1.165, 1.54) is 0 Å². The van der Waals surface area contributed by atoms with Gasteiger partial charge in [0.15, 0.2) is 0 Å². The summed E-state index contributed by atoms with van der Waals surface area (Å²) in [6, 6.07) is 14.5. The molecule has 0 spiro atoms. The molecule has 88 valence electrons. The van der Waals surface area contributed by atoms with Crippen molar-refractivity contribution in [2.24, 2.45) is 0 Å². The van der Waals surface area contributed by atoms with Gasteiger partial charge in [-0.15, -0.1) is 0 Å². The second kappa shape index (κ2) is 5.60. The summed E-state index contributed by atoms with van der Waals surface area (Å²) in [5, 5.41) is 10.3. The first-order valence-corrected chi connectivity index (χ1v) is 5.79. The number of para-hydroxylation sites is 1. The van der Waals surface area contributed by atoms with Crippen LogP contribution >= 0.6 is 11.6 Å². The summed E-state index contributed by atoms with van der Waals surface area (Å²) < 4.78 is 5.55. The molecule has 17 heavy (non-hydrogen) atoms. The lowest BCUT2D eigenvalue weighted by atomic mass is 10.1. The summed E-state index contributed by atoms with van der Waals surface area (Å²) >= 11 is 5.77. The van der Waals surface area contributed by atoms with Gasteiger partial charge in [-0.1, -0.05) is 29.8 Å². The first kappa shape index (κ1) is 11.8. The van der Waals surface area contributed by atoms with Gasteiger partial charge in [0.2, 0.25) is 0 Å². The lowest BCUT2D eigenvalue weighted by molar-refractivity contribution is 0.319. The molecule has 0 aliphatic carbocycles. The van der Waals surface area contributed by atoms with E-state index < -0.39 is 0 Å². The predicted octanol–water partition coefficient (Wildman–Crippen LogP) is 3.67. The maximum absolute atomic E-state index is 9.57. The van der Waals surface area contributed by atoms with Crippen molar-refractivity contribution in [1.29, 1.82) is 0 Å². The molecule has 0 atom stereocenters. The summed E-state index contributed by atoms with van der Waals surface area (Å²) in [6.45, 7) is 0.527. The molecular formula is C14H13ClO2. The van der Waals surface area contributed by atoms with Crippen LogP contribution in [0, 0.1) is 0 Å². The first-order chi connectivity index (χ1) is 8.25. The molecule has 0 aromatic heterocycles. The topological polar surface area (TPSA) is 29.5 Å². The number of rotatable bonds is 4. The van der Waals surface area contributed by atoms with Crippen LogP contribution < -0.4 is 4.74 Å². The van der Waals surface area contributed by atoms with Crippen LogP contribution in [-0.2, 0) is 6.42 Å². The van der Waals surface area contributed by atoms with Crippen molar-refractivity contribution in [2.45, 2.75) is 6.42 Å². The molecule has 2 nitrogen and oxygen atoms in total. The van der Waals surface area contributed by atoms with E-state index in [1.807, 2.05) is 24.3 Å². The SMILES string of the molecule is Oc1ccccc1CCOc1ccc(Cl)cc1. The lowest BCUT2D eigenvalue weighted by Crippen LogP contribution is -2.01. The third-order valence-electron chi connectivity index (χ3n) is 2.45. The second-order valence-electron chi connectivity index (χ2n) is 3.68. The zero-order valence-corrected chi connectivity index (χ0v) is 10.0. The van der Waals surface area contributed by atoms with Gasteiger partial charge >= 0.3 is 0 Å². The Hall–Kier alpha value is -1.67. The minimum absolute atomic E-state index is 0.312. The lowest BCUT2D eigenvalue weighted by Gasteiger charge is -2.07.